The SMILES string of the molecule is CCC(CC(=O)c1ccccc1)NC(=O)OCc1ccccc1. The number of carbonyl (C=O) groups is 2. The van der Waals surface area contributed by atoms with Gasteiger partial charge in [0, 0.05) is 18.0 Å². The van der Waals surface area contributed by atoms with E-state index in [1.807, 2.05) is 55.5 Å². The summed E-state index contributed by atoms with van der Waals surface area (Å²) in [6.07, 6.45) is 0.432. The molecule has 0 radical (unpaired) electrons. The maximum Gasteiger partial charge on any atom is 0.407 e. The zero-order valence-electron chi connectivity index (χ0n) is 13.2. The van der Waals surface area contributed by atoms with Crippen LogP contribution in [0, 0.1) is 0 Å². The molecule has 0 saturated heterocycles. The maximum absolute atomic E-state index is 12.2. The Morgan fingerprint density at radius 2 is 1.61 bits per heavy atom. The quantitative estimate of drug-likeness (QED) is 0.787. The number of ether oxygens (including phenoxy) is 1. The summed E-state index contributed by atoms with van der Waals surface area (Å²) in [5, 5.41) is 2.76. The number of ketones is 1. The minimum absolute atomic E-state index is 0.0146. The van der Waals surface area contributed by atoms with Gasteiger partial charge < -0.3 is 10.1 Å². The number of alkyl carbamates (subject to hydrolysis) is 1. The Balaban J connectivity index is 1.82. The van der Waals surface area contributed by atoms with Crippen molar-refractivity contribution in [2.45, 2.75) is 32.4 Å². The van der Waals surface area contributed by atoms with E-state index < -0.39 is 6.09 Å². The molecule has 0 aliphatic rings. The van der Waals surface area contributed by atoms with E-state index in [2.05, 4.69) is 5.32 Å². The van der Waals surface area contributed by atoms with Gasteiger partial charge in [0.25, 0.3) is 0 Å². The highest BCUT2D eigenvalue weighted by atomic mass is 16.5. The highest BCUT2D eigenvalue weighted by Crippen LogP contribution is 2.08. The third-order valence-electron chi connectivity index (χ3n) is 3.56. The normalized spacial score (nSPS) is 11.5. The standard InChI is InChI=1S/C19H21NO3/c1-2-17(13-18(21)16-11-7-4-8-12-16)20-19(22)23-14-15-9-5-3-6-10-15/h3-12,17H,2,13-14H2,1H3,(H,20,22). The summed E-state index contributed by atoms with van der Waals surface area (Å²) >= 11 is 0. The van der Waals surface area contributed by atoms with Crippen molar-refractivity contribution in [2.24, 2.45) is 0 Å². The molecule has 0 bridgehead atoms. The molecular formula is C19H21NO3. The smallest absolute Gasteiger partial charge is 0.407 e. The lowest BCUT2D eigenvalue weighted by molar-refractivity contribution is 0.0962. The number of Topliss-reactive ketones (excluding diaryl/α,β-unsaturated/α-hetero) is 1. The van der Waals surface area contributed by atoms with E-state index in [4.69, 9.17) is 4.74 Å². The molecule has 2 aromatic rings. The van der Waals surface area contributed by atoms with Crippen LogP contribution in [-0.2, 0) is 11.3 Å². The van der Waals surface area contributed by atoms with Gasteiger partial charge in [-0.15, -0.1) is 0 Å². The number of benzene rings is 2. The fourth-order valence-electron chi connectivity index (χ4n) is 2.19. The van der Waals surface area contributed by atoms with E-state index in [1.165, 1.54) is 0 Å². The fraction of sp³-hybridized carbons (Fsp3) is 0.263. The fourth-order valence-corrected chi connectivity index (χ4v) is 2.19. The minimum Gasteiger partial charge on any atom is -0.445 e. The zero-order valence-corrected chi connectivity index (χ0v) is 13.2. The lowest BCUT2D eigenvalue weighted by atomic mass is 10.0. The Bertz CT molecular complexity index is 626. The second-order valence-electron chi connectivity index (χ2n) is 5.30. The van der Waals surface area contributed by atoms with Crippen LogP contribution in [0.2, 0.25) is 0 Å². The van der Waals surface area contributed by atoms with E-state index in [9.17, 15) is 9.59 Å². The van der Waals surface area contributed by atoms with Gasteiger partial charge in [-0.05, 0) is 12.0 Å². The van der Waals surface area contributed by atoms with Crippen molar-refractivity contribution in [3.05, 3.63) is 71.8 Å². The van der Waals surface area contributed by atoms with E-state index >= 15 is 0 Å². The molecule has 2 aromatic carbocycles. The van der Waals surface area contributed by atoms with Crippen LogP contribution in [0.3, 0.4) is 0 Å². The Kier molecular flexibility index (Phi) is 6.36. The maximum atomic E-state index is 12.2. The van der Waals surface area contributed by atoms with Gasteiger partial charge in [-0.25, -0.2) is 4.79 Å². The highest BCUT2D eigenvalue weighted by Gasteiger charge is 2.16. The van der Waals surface area contributed by atoms with Gasteiger partial charge in [0.1, 0.15) is 6.61 Å². The molecule has 0 fully saturated rings. The summed E-state index contributed by atoms with van der Waals surface area (Å²) < 4.78 is 5.19. The van der Waals surface area contributed by atoms with Gasteiger partial charge in [-0.1, -0.05) is 67.6 Å². The van der Waals surface area contributed by atoms with Crippen LogP contribution in [0.25, 0.3) is 0 Å². The van der Waals surface area contributed by atoms with Crippen molar-refractivity contribution in [2.75, 3.05) is 0 Å². The summed E-state index contributed by atoms with van der Waals surface area (Å²) in [5.41, 5.74) is 1.58. The second kappa shape index (κ2) is 8.73. The predicted molar refractivity (Wildman–Crippen MR) is 89.2 cm³/mol. The van der Waals surface area contributed by atoms with Crippen LogP contribution >= 0.6 is 0 Å². The van der Waals surface area contributed by atoms with Gasteiger partial charge in [0.05, 0.1) is 0 Å². The number of nitrogens with one attached hydrogen (secondary N) is 1. The second-order valence-corrected chi connectivity index (χ2v) is 5.30. The Labute approximate surface area is 136 Å². The molecule has 4 nitrogen and oxygen atoms in total. The molecule has 120 valence electrons. The molecule has 1 unspecified atom stereocenters. The van der Waals surface area contributed by atoms with Gasteiger partial charge in [0.2, 0.25) is 0 Å². The zero-order chi connectivity index (χ0) is 16.5. The van der Waals surface area contributed by atoms with Gasteiger partial charge >= 0.3 is 6.09 Å². The Morgan fingerprint density at radius 1 is 1.00 bits per heavy atom. The molecule has 23 heavy (non-hydrogen) atoms. The molecule has 1 N–H and O–H groups in total. The average molecular weight is 311 g/mol. The van der Waals surface area contributed by atoms with Crippen LogP contribution in [0.5, 0.6) is 0 Å². The van der Waals surface area contributed by atoms with Crippen molar-refractivity contribution in [1.82, 2.24) is 5.32 Å². The molecule has 0 heterocycles. The highest BCUT2D eigenvalue weighted by molar-refractivity contribution is 5.96. The number of hydrogen-bond donors (Lipinski definition) is 1. The summed E-state index contributed by atoms with van der Waals surface area (Å²) in [5.74, 6) is 0.0146. The molecular weight excluding hydrogens is 290 g/mol. The first kappa shape index (κ1) is 16.7. The third kappa shape index (κ3) is 5.58. The van der Waals surface area contributed by atoms with Crippen molar-refractivity contribution in [3.63, 3.8) is 0 Å². The van der Waals surface area contributed by atoms with Crippen LogP contribution in [0.15, 0.2) is 60.7 Å². The summed E-state index contributed by atoms with van der Waals surface area (Å²) in [6, 6.07) is 18.3. The van der Waals surface area contributed by atoms with Crippen LogP contribution in [0.1, 0.15) is 35.7 Å². The molecule has 1 amide bonds. The Morgan fingerprint density at radius 3 is 2.22 bits per heavy atom. The lowest BCUT2D eigenvalue weighted by Crippen LogP contribution is -2.36. The Hall–Kier alpha value is -2.62. The molecule has 4 heteroatoms. The summed E-state index contributed by atoms with van der Waals surface area (Å²) in [4.78, 5) is 24.0. The van der Waals surface area contributed by atoms with E-state index in [0.29, 0.717) is 12.0 Å². The van der Waals surface area contributed by atoms with Crippen LogP contribution in [0.4, 0.5) is 4.79 Å². The number of hydrogen-bond acceptors (Lipinski definition) is 3. The van der Waals surface area contributed by atoms with Crippen molar-refractivity contribution in [1.29, 1.82) is 0 Å². The largest absolute Gasteiger partial charge is 0.445 e. The van der Waals surface area contributed by atoms with E-state index in [-0.39, 0.29) is 24.9 Å². The first-order valence-corrected chi connectivity index (χ1v) is 7.74. The monoisotopic (exact) mass is 311 g/mol. The number of rotatable bonds is 7. The minimum atomic E-state index is -0.499. The molecule has 2 rings (SSSR count). The molecule has 0 aromatic heterocycles. The molecule has 0 aliphatic carbocycles. The van der Waals surface area contributed by atoms with E-state index in [0.717, 1.165) is 5.56 Å². The van der Waals surface area contributed by atoms with E-state index in [1.54, 1.807) is 12.1 Å². The van der Waals surface area contributed by atoms with Crippen LogP contribution < -0.4 is 5.32 Å². The van der Waals surface area contributed by atoms with Crippen molar-refractivity contribution < 1.29 is 14.3 Å². The number of amides is 1. The van der Waals surface area contributed by atoms with Gasteiger partial charge in [-0.3, -0.25) is 4.79 Å². The summed E-state index contributed by atoms with van der Waals surface area (Å²) in [6.45, 7) is 2.15. The average Bonchev–Trinajstić information content (AvgIpc) is 2.61. The lowest BCUT2D eigenvalue weighted by Gasteiger charge is -2.16. The predicted octanol–water partition coefficient (Wildman–Crippen LogP) is 3.96. The van der Waals surface area contributed by atoms with Crippen molar-refractivity contribution >= 4 is 11.9 Å². The molecule has 0 saturated carbocycles. The van der Waals surface area contributed by atoms with Crippen LogP contribution in [-0.4, -0.2) is 17.9 Å². The van der Waals surface area contributed by atoms with Gasteiger partial charge in [0.15, 0.2) is 5.78 Å². The molecule has 0 aliphatic heterocycles. The third-order valence-corrected chi connectivity index (χ3v) is 3.56. The number of carbonyl (C=O) groups excluding carboxylic acids is 2. The summed E-state index contributed by atoms with van der Waals surface area (Å²) in [7, 11) is 0. The first-order valence-electron chi connectivity index (χ1n) is 7.74. The first-order chi connectivity index (χ1) is 11.2. The van der Waals surface area contributed by atoms with Gasteiger partial charge in [-0.2, -0.15) is 0 Å². The van der Waals surface area contributed by atoms with Crippen molar-refractivity contribution in [3.8, 4) is 0 Å². The topological polar surface area (TPSA) is 55.4 Å². The molecule has 1 atom stereocenters. The molecule has 0 spiro atoms.